The van der Waals surface area contributed by atoms with Crippen molar-refractivity contribution in [2.75, 3.05) is 24.2 Å². The standard InChI is InChI=1S/C14H15N7O3S/c1-6(14-17-3-7(25-14)12(23)15-2)20-13(24)10-9-11(19-5-18-10)21-8(22)4-16-9/h3,5-6,16H,4H2,1-2H3,(H,15,23)(H,20,24)(H,18,19,21,22)/t6-/m1/s1. The molecule has 2 aromatic heterocycles. The van der Waals surface area contributed by atoms with Crippen LogP contribution in [0.25, 0.3) is 0 Å². The maximum Gasteiger partial charge on any atom is 0.272 e. The molecule has 1 atom stereocenters. The van der Waals surface area contributed by atoms with Gasteiger partial charge in [-0.25, -0.2) is 15.0 Å². The zero-order chi connectivity index (χ0) is 18.0. The van der Waals surface area contributed by atoms with E-state index in [9.17, 15) is 14.4 Å². The Morgan fingerprint density at radius 1 is 1.28 bits per heavy atom. The van der Waals surface area contributed by atoms with E-state index in [1.54, 1.807) is 6.92 Å². The van der Waals surface area contributed by atoms with Crippen molar-refractivity contribution >= 4 is 40.6 Å². The van der Waals surface area contributed by atoms with Crippen molar-refractivity contribution in [1.82, 2.24) is 25.6 Å². The Morgan fingerprint density at radius 3 is 2.84 bits per heavy atom. The highest BCUT2D eigenvalue weighted by molar-refractivity contribution is 7.13. The summed E-state index contributed by atoms with van der Waals surface area (Å²) in [5.41, 5.74) is 0.497. The Balaban J connectivity index is 1.76. The quantitative estimate of drug-likeness (QED) is 0.608. The number of thiazole rings is 1. The Hall–Kier alpha value is -3.08. The van der Waals surface area contributed by atoms with Gasteiger partial charge >= 0.3 is 0 Å². The Labute approximate surface area is 146 Å². The van der Waals surface area contributed by atoms with Crippen molar-refractivity contribution in [1.29, 1.82) is 0 Å². The number of fused-ring (bicyclic) bond motifs is 1. The molecule has 25 heavy (non-hydrogen) atoms. The van der Waals surface area contributed by atoms with Gasteiger partial charge in [0.15, 0.2) is 11.5 Å². The van der Waals surface area contributed by atoms with Crippen molar-refractivity contribution < 1.29 is 14.4 Å². The van der Waals surface area contributed by atoms with Gasteiger partial charge in [-0.15, -0.1) is 11.3 Å². The minimum atomic E-state index is -0.438. The van der Waals surface area contributed by atoms with Gasteiger partial charge in [-0.3, -0.25) is 14.4 Å². The fourth-order valence-electron chi connectivity index (χ4n) is 2.21. The summed E-state index contributed by atoms with van der Waals surface area (Å²) < 4.78 is 0. The van der Waals surface area contributed by atoms with Crippen LogP contribution < -0.4 is 21.3 Å². The summed E-state index contributed by atoms with van der Waals surface area (Å²) in [5.74, 6) is -0.644. The number of anilines is 2. The zero-order valence-corrected chi connectivity index (χ0v) is 14.2. The summed E-state index contributed by atoms with van der Waals surface area (Å²) in [4.78, 5) is 48.1. The molecule has 0 fully saturated rings. The van der Waals surface area contributed by atoms with Crippen molar-refractivity contribution in [2.45, 2.75) is 13.0 Å². The molecule has 0 saturated heterocycles. The fraction of sp³-hybridized carbons (Fsp3) is 0.286. The van der Waals surface area contributed by atoms with E-state index in [1.807, 2.05) is 0 Å². The summed E-state index contributed by atoms with van der Waals surface area (Å²) >= 11 is 1.20. The molecular weight excluding hydrogens is 346 g/mol. The molecule has 4 N–H and O–H groups in total. The van der Waals surface area contributed by atoms with Crippen LogP contribution in [0.3, 0.4) is 0 Å². The van der Waals surface area contributed by atoms with E-state index in [0.717, 1.165) is 0 Å². The van der Waals surface area contributed by atoms with E-state index >= 15 is 0 Å². The van der Waals surface area contributed by atoms with E-state index < -0.39 is 11.9 Å². The molecule has 3 heterocycles. The highest BCUT2D eigenvalue weighted by atomic mass is 32.1. The van der Waals surface area contributed by atoms with Crippen LogP contribution in [-0.2, 0) is 4.79 Å². The van der Waals surface area contributed by atoms with Crippen LogP contribution in [0.2, 0.25) is 0 Å². The van der Waals surface area contributed by atoms with E-state index in [2.05, 4.69) is 36.2 Å². The largest absolute Gasteiger partial charge is 0.371 e. The number of hydrogen-bond acceptors (Lipinski definition) is 8. The second-order valence-corrected chi connectivity index (χ2v) is 6.25. The van der Waals surface area contributed by atoms with Gasteiger partial charge in [-0.05, 0) is 6.92 Å². The van der Waals surface area contributed by atoms with E-state index in [0.29, 0.717) is 15.6 Å². The normalized spacial score (nSPS) is 13.9. The third-order valence-electron chi connectivity index (χ3n) is 3.44. The molecule has 2 aromatic rings. The molecule has 1 aliphatic heterocycles. The van der Waals surface area contributed by atoms with Crippen LogP contribution in [0.1, 0.15) is 38.1 Å². The van der Waals surface area contributed by atoms with Gasteiger partial charge in [0.1, 0.15) is 21.9 Å². The van der Waals surface area contributed by atoms with Crippen LogP contribution in [0.15, 0.2) is 12.5 Å². The van der Waals surface area contributed by atoms with Gasteiger partial charge in [-0.1, -0.05) is 0 Å². The molecule has 0 saturated carbocycles. The van der Waals surface area contributed by atoms with Gasteiger partial charge in [0.2, 0.25) is 5.91 Å². The first-order valence-electron chi connectivity index (χ1n) is 7.37. The lowest BCUT2D eigenvalue weighted by Gasteiger charge is -2.20. The number of amides is 3. The smallest absolute Gasteiger partial charge is 0.272 e. The molecule has 0 unspecified atom stereocenters. The van der Waals surface area contributed by atoms with Crippen molar-refractivity contribution in [2.24, 2.45) is 0 Å². The topological polar surface area (TPSA) is 138 Å². The van der Waals surface area contributed by atoms with Gasteiger partial charge in [0, 0.05) is 7.05 Å². The second-order valence-electron chi connectivity index (χ2n) is 5.18. The molecule has 130 valence electrons. The Bertz CT molecular complexity index is 851. The van der Waals surface area contributed by atoms with Crippen LogP contribution >= 0.6 is 11.3 Å². The van der Waals surface area contributed by atoms with Crippen LogP contribution in [0.4, 0.5) is 11.5 Å². The number of carbonyl (C=O) groups is 3. The molecule has 10 nitrogen and oxygen atoms in total. The van der Waals surface area contributed by atoms with E-state index in [-0.39, 0.29) is 29.9 Å². The third-order valence-corrected chi connectivity index (χ3v) is 4.62. The summed E-state index contributed by atoms with van der Waals surface area (Å²) in [5, 5.41) is 11.3. The first-order chi connectivity index (χ1) is 12.0. The van der Waals surface area contributed by atoms with Gasteiger partial charge in [0.25, 0.3) is 11.8 Å². The lowest BCUT2D eigenvalue weighted by atomic mass is 10.2. The average Bonchev–Trinajstić information content (AvgIpc) is 3.10. The SMILES string of the molecule is CNC(=O)c1cnc([C@@H](C)NC(=O)c2ncnc3c2NCC(=O)N3)s1. The fourth-order valence-corrected chi connectivity index (χ4v) is 3.07. The molecule has 3 rings (SSSR count). The molecule has 1 aliphatic rings. The lowest BCUT2D eigenvalue weighted by molar-refractivity contribution is -0.114. The van der Waals surface area contributed by atoms with Gasteiger partial charge < -0.3 is 21.3 Å². The third kappa shape index (κ3) is 3.40. The number of nitrogens with zero attached hydrogens (tertiary/aromatic N) is 3. The number of hydrogen-bond donors (Lipinski definition) is 4. The molecule has 0 aromatic carbocycles. The molecule has 0 bridgehead atoms. The zero-order valence-electron chi connectivity index (χ0n) is 13.4. The monoisotopic (exact) mass is 361 g/mol. The lowest BCUT2D eigenvalue weighted by Crippen LogP contribution is -2.33. The first-order valence-corrected chi connectivity index (χ1v) is 8.18. The predicted octanol–water partition coefficient (Wildman–Crippen LogP) is 0.148. The van der Waals surface area contributed by atoms with Gasteiger partial charge in [-0.2, -0.15) is 0 Å². The molecule has 0 spiro atoms. The maximum absolute atomic E-state index is 12.5. The summed E-state index contributed by atoms with van der Waals surface area (Å²) in [6, 6.07) is -0.417. The minimum Gasteiger partial charge on any atom is -0.371 e. The highest BCUT2D eigenvalue weighted by Crippen LogP contribution is 2.26. The second kappa shape index (κ2) is 6.81. The van der Waals surface area contributed by atoms with Crippen LogP contribution in [0, 0.1) is 0 Å². The highest BCUT2D eigenvalue weighted by Gasteiger charge is 2.25. The van der Waals surface area contributed by atoms with Crippen molar-refractivity contribution in [3.63, 3.8) is 0 Å². The number of aromatic nitrogens is 3. The van der Waals surface area contributed by atoms with Crippen LogP contribution in [-0.4, -0.2) is 46.3 Å². The molecule has 0 radical (unpaired) electrons. The van der Waals surface area contributed by atoms with Crippen molar-refractivity contribution in [3.05, 3.63) is 28.1 Å². The number of carbonyl (C=O) groups excluding carboxylic acids is 3. The summed E-state index contributed by atoms with van der Waals surface area (Å²) in [7, 11) is 1.54. The van der Waals surface area contributed by atoms with E-state index in [1.165, 1.54) is 30.9 Å². The Kier molecular flexibility index (Phi) is 4.57. The Morgan fingerprint density at radius 2 is 2.08 bits per heavy atom. The van der Waals surface area contributed by atoms with Crippen LogP contribution in [0.5, 0.6) is 0 Å². The van der Waals surface area contributed by atoms with Gasteiger partial charge in [0.05, 0.1) is 18.8 Å². The number of rotatable bonds is 4. The summed E-state index contributed by atoms with van der Waals surface area (Å²) in [6.45, 7) is 1.80. The molecule has 3 amide bonds. The average molecular weight is 361 g/mol. The molecular formula is C14H15N7O3S. The first kappa shape index (κ1) is 16.8. The number of nitrogens with one attached hydrogen (secondary N) is 4. The van der Waals surface area contributed by atoms with Crippen molar-refractivity contribution in [3.8, 4) is 0 Å². The minimum absolute atomic E-state index is 0.0399. The van der Waals surface area contributed by atoms with E-state index in [4.69, 9.17) is 0 Å². The predicted molar refractivity (Wildman–Crippen MR) is 90.5 cm³/mol. The molecule has 11 heteroatoms. The molecule has 0 aliphatic carbocycles. The summed E-state index contributed by atoms with van der Waals surface area (Å²) in [6.07, 6.45) is 2.67. The maximum atomic E-state index is 12.5.